The molecule has 0 atom stereocenters. The van der Waals surface area contributed by atoms with Gasteiger partial charge in [0.05, 0.1) is 12.3 Å². The molecule has 0 aliphatic carbocycles. The molecule has 4 aromatic rings. The minimum absolute atomic E-state index is 0.284. The minimum Gasteiger partial charge on any atom is -0.383 e. The Labute approximate surface area is 220 Å². The van der Waals surface area contributed by atoms with E-state index < -0.39 is 0 Å². The van der Waals surface area contributed by atoms with Crippen LogP contribution in [0.5, 0.6) is 0 Å². The van der Waals surface area contributed by atoms with Crippen LogP contribution in [0.4, 0.5) is 27.4 Å². The first-order valence-electron chi connectivity index (χ1n) is 12.4. The average molecular weight is 516 g/mol. The van der Waals surface area contributed by atoms with Gasteiger partial charge in [-0.1, -0.05) is 12.6 Å². The second-order valence-corrected chi connectivity index (χ2v) is 9.01. The Morgan fingerprint density at radius 1 is 1.13 bits per heavy atom. The number of nitrogens with one attached hydrogen (secondary N) is 2. The van der Waals surface area contributed by atoms with Crippen molar-refractivity contribution in [2.75, 3.05) is 62.0 Å². The fourth-order valence-corrected chi connectivity index (χ4v) is 4.49. The van der Waals surface area contributed by atoms with Gasteiger partial charge in [-0.2, -0.15) is 4.98 Å². The maximum absolute atomic E-state index is 15.1. The number of hydrogen-bond acceptors (Lipinski definition) is 7. The van der Waals surface area contributed by atoms with Gasteiger partial charge in [-0.3, -0.25) is 9.69 Å². The van der Waals surface area contributed by atoms with E-state index >= 15 is 4.39 Å². The lowest BCUT2D eigenvalue weighted by atomic mass is 10.2. The fraction of sp³-hybridized carbons (Fsp3) is 0.250. The number of rotatable bonds is 9. The van der Waals surface area contributed by atoms with Gasteiger partial charge in [0, 0.05) is 74.7 Å². The van der Waals surface area contributed by atoms with Crippen LogP contribution in [0, 0.1) is 5.82 Å². The molecule has 3 heterocycles. The summed E-state index contributed by atoms with van der Waals surface area (Å²) in [5.74, 6) is -0.369. The molecule has 38 heavy (non-hydrogen) atoms. The fourth-order valence-electron chi connectivity index (χ4n) is 4.49. The van der Waals surface area contributed by atoms with Crippen molar-refractivity contribution in [1.29, 1.82) is 0 Å². The number of fused-ring (bicyclic) bond motifs is 1. The average Bonchev–Trinajstić information content (AvgIpc) is 3.37. The zero-order valence-electron chi connectivity index (χ0n) is 21.2. The lowest BCUT2D eigenvalue weighted by Gasteiger charge is -2.36. The predicted molar refractivity (Wildman–Crippen MR) is 148 cm³/mol. The highest BCUT2D eigenvalue weighted by atomic mass is 19.1. The lowest BCUT2D eigenvalue weighted by molar-refractivity contribution is -0.111. The molecule has 10 heteroatoms. The van der Waals surface area contributed by atoms with E-state index in [-0.39, 0.29) is 17.7 Å². The molecular formula is C28H30FN7O2. The van der Waals surface area contributed by atoms with Gasteiger partial charge in [-0.05, 0) is 48.5 Å². The van der Waals surface area contributed by atoms with Crippen LogP contribution in [0.2, 0.25) is 0 Å². The summed E-state index contributed by atoms with van der Waals surface area (Å²) in [4.78, 5) is 25.2. The van der Waals surface area contributed by atoms with E-state index in [0.29, 0.717) is 23.6 Å². The smallest absolute Gasteiger partial charge is 0.247 e. The highest BCUT2D eigenvalue weighted by Crippen LogP contribution is 2.26. The molecule has 1 aliphatic heterocycles. The maximum Gasteiger partial charge on any atom is 0.247 e. The molecule has 2 aromatic heterocycles. The number of halogens is 1. The van der Waals surface area contributed by atoms with E-state index in [1.165, 1.54) is 6.08 Å². The van der Waals surface area contributed by atoms with Crippen LogP contribution in [0.3, 0.4) is 0 Å². The molecular weight excluding hydrogens is 485 g/mol. The molecule has 1 aliphatic rings. The summed E-state index contributed by atoms with van der Waals surface area (Å²) in [5.41, 5.74) is 3.26. The normalized spacial score (nSPS) is 14.0. The highest BCUT2D eigenvalue weighted by molar-refractivity contribution is 5.99. The second kappa shape index (κ2) is 11.4. The zero-order chi connectivity index (χ0) is 26.5. The first-order valence-corrected chi connectivity index (χ1v) is 12.4. The van der Waals surface area contributed by atoms with Crippen molar-refractivity contribution in [3.8, 4) is 5.69 Å². The number of amides is 1. The Morgan fingerprint density at radius 3 is 2.74 bits per heavy atom. The standard InChI is InChI=1S/C28H30FN7O2/c1-3-26(37)31-21-5-4-6-23(17-21)36-10-9-20-19-30-28(33-27(20)36)32-25-8-7-22(18-24(25)29)35-13-11-34(12-14-35)15-16-38-2/h3-10,17-19H,1,11-16H2,2H3,(H,31,37)(H,30,32,33). The van der Waals surface area contributed by atoms with Crippen molar-refractivity contribution < 1.29 is 13.9 Å². The van der Waals surface area contributed by atoms with Crippen LogP contribution in [0.1, 0.15) is 0 Å². The molecule has 1 fully saturated rings. The third kappa shape index (κ3) is 5.66. The van der Waals surface area contributed by atoms with Gasteiger partial charge in [0.2, 0.25) is 11.9 Å². The zero-order valence-corrected chi connectivity index (χ0v) is 21.2. The number of hydrogen-bond donors (Lipinski definition) is 2. The van der Waals surface area contributed by atoms with E-state index in [9.17, 15) is 4.79 Å². The number of carbonyl (C=O) groups is 1. The van der Waals surface area contributed by atoms with Crippen molar-refractivity contribution in [3.63, 3.8) is 0 Å². The molecule has 0 unspecified atom stereocenters. The SMILES string of the molecule is C=CC(=O)Nc1cccc(-n2ccc3cnc(Nc4ccc(N5CCN(CCOC)CC5)cc4F)nc32)c1. The van der Waals surface area contributed by atoms with E-state index in [0.717, 1.165) is 49.5 Å². The van der Waals surface area contributed by atoms with Gasteiger partial charge in [0.25, 0.3) is 0 Å². The van der Waals surface area contributed by atoms with Crippen LogP contribution in [0.15, 0.2) is 73.6 Å². The molecule has 0 spiro atoms. The van der Waals surface area contributed by atoms with Gasteiger partial charge >= 0.3 is 0 Å². The lowest BCUT2D eigenvalue weighted by Crippen LogP contribution is -2.47. The summed E-state index contributed by atoms with van der Waals surface area (Å²) in [7, 11) is 1.71. The van der Waals surface area contributed by atoms with Crippen LogP contribution in [-0.4, -0.2) is 71.8 Å². The molecule has 5 rings (SSSR count). The maximum atomic E-state index is 15.1. The Hall–Kier alpha value is -4.28. The molecule has 9 nitrogen and oxygen atoms in total. The molecule has 1 saturated heterocycles. The third-order valence-corrected chi connectivity index (χ3v) is 6.55. The number of ether oxygens (including phenoxy) is 1. The number of aromatic nitrogens is 3. The van der Waals surface area contributed by atoms with Crippen LogP contribution in [0.25, 0.3) is 16.7 Å². The van der Waals surface area contributed by atoms with Gasteiger partial charge in [-0.25, -0.2) is 9.37 Å². The van der Waals surface area contributed by atoms with Crippen molar-refractivity contribution >= 4 is 40.0 Å². The van der Waals surface area contributed by atoms with Crippen molar-refractivity contribution in [3.05, 3.63) is 79.4 Å². The van der Waals surface area contributed by atoms with Crippen molar-refractivity contribution in [2.45, 2.75) is 0 Å². The number of methoxy groups -OCH3 is 1. The molecule has 2 N–H and O–H groups in total. The number of carbonyl (C=O) groups excluding carboxylic acids is 1. The summed E-state index contributed by atoms with van der Waals surface area (Å²) >= 11 is 0. The number of benzene rings is 2. The molecule has 0 saturated carbocycles. The predicted octanol–water partition coefficient (Wildman–Crippen LogP) is 4.20. The van der Waals surface area contributed by atoms with Gasteiger partial charge < -0.3 is 24.8 Å². The molecule has 0 radical (unpaired) electrons. The number of anilines is 4. The second-order valence-electron chi connectivity index (χ2n) is 9.01. The van der Waals surface area contributed by atoms with E-state index in [2.05, 4.69) is 37.0 Å². The Balaban J connectivity index is 1.32. The van der Waals surface area contributed by atoms with E-state index in [1.807, 2.05) is 41.1 Å². The summed E-state index contributed by atoms with van der Waals surface area (Å²) in [6.45, 7) is 8.62. The monoisotopic (exact) mass is 515 g/mol. The van der Waals surface area contributed by atoms with E-state index in [4.69, 9.17) is 4.74 Å². The summed E-state index contributed by atoms with van der Waals surface area (Å²) < 4.78 is 22.1. The van der Waals surface area contributed by atoms with Gasteiger partial charge in [0.15, 0.2) is 0 Å². The summed E-state index contributed by atoms with van der Waals surface area (Å²) in [6.07, 6.45) is 4.79. The number of nitrogens with zero attached hydrogens (tertiary/aromatic N) is 5. The van der Waals surface area contributed by atoms with Crippen LogP contribution >= 0.6 is 0 Å². The topological polar surface area (TPSA) is 87.6 Å². The first-order chi connectivity index (χ1) is 18.5. The molecule has 196 valence electrons. The summed E-state index contributed by atoms with van der Waals surface area (Å²) in [6, 6.07) is 14.5. The molecule has 2 aromatic carbocycles. The van der Waals surface area contributed by atoms with Crippen LogP contribution in [-0.2, 0) is 9.53 Å². The largest absolute Gasteiger partial charge is 0.383 e. The Kier molecular flexibility index (Phi) is 7.62. The Bertz CT molecular complexity index is 1450. The van der Waals surface area contributed by atoms with E-state index in [1.54, 1.807) is 31.5 Å². The van der Waals surface area contributed by atoms with Crippen molar-refractivity contribution in [1.82, 2.24) is 19.4 Å². The van der Waals surface area contributed by atoms with Gasteiger partial charge in [0.1, 0.15) is 11.5 Å². The molecule has 0 bridgehead atoms. The Morgan fingerprint density at radius 2 is 1.97 bits per heavy atom. The number of piperazine rings is 1. The summed E-state index contributed by atoms with van der Waals surface area (Å²) in [5, 5.41) is 6.61. The first kappa shape index (κ1) is 25.4. The molecule has 1 amide bonds. The van der Waals surface area contributed by atoms with Crippen molar-refractivity contribution in [2.24, 2.45) is 0 Å². The minimum atomic E-state index is -0.367. The quantitative estimate of drug-likeness (QED) is 0.323. The highest BCUT2D eigenvalue weighted by Gasteiger charge is 2.18. The third-order valence-electron chi connectivity index (χ3n) is 6.55. The van der Waals surface area contributed by atoms with Gasteiger partial charge in [-0.15, -0.1) is 0 Å². The van der Waals surface area contributed by atoms with Crippen LogP contribution < -0.4 is 15.5 Å².